The first-order valence-corrected chi connectivity index (χ1v) is 6.52. The van der Waals surface area contributed by atoms with E-state index in [1.807, 2.05) is 0 Å². The third-order valence-electron chi connectivity index (χ3n) is 3.50. The van der Waals surface area contributed by atoms with Gasteiger partial charge in [0.1, 0.15) is 0 Å². The van der Waals surface area contributed by atoms with Gasteiger partial charge in [-0.05, 0) is 12.8 Å². The van der Waals surface area contributed by atoms with Gasteiger partial charge in [-0.2, -0.15) is 26.3 Å². The van der Waals surface area contributed by atoms with Gasteiger partial charge in [-0.1, -0.05) is 12.8 Å². The lowest BCUT2D eigenvalue weighted by molar-refractivity contribution is -0.274. The van der Waals surface area contributed by atoms with Gasteiger partial charge in [0.2, 0.25) is 11.8 Å². The van der Waals surface area contributed by atoms with Crippen LogP contribution in [0.3, 0.4) is 0 Å². The van der Waals surface area contributed by atoms with Crippen LogP contribution in [0.4, 0.5) is 26.3 Å². The van der Waals surface area contributed by atoms with Gasteiger partial charge in [-0.25, -0.2) is 0 Å². The van der Waals surface area contributed by atoms with Crippen LogP contribution in [0.5, 0.6) is 0 Å². The highest BCUT2D eigenvalue weighted by molar-refractivity contribution is 6.18. The van der Waals surface area contributed by atoms with Crippen LogP contribution in [0, 0.1) is 11.3 Å². The largest absolute Gasteiger partial charge is 0.409 e. The van der Waals surface area contributed by atoms with Crippen molar-refractivity contribution in [3.8, 4) is 0 Å². The average Bonchev–Trinajstić information content (AvgIpc) is 2.71. The molecule has 118 valence electrons. The molecule has 2 nitrogen and oxygen atoms in total. The molecule has 0 unspecified atom stereocenters. The lowest BCUT2D eigenvalue weighted by Crippen LogP contribution is -2.50. The molecule has 0 aromatic rings. The standard InChI is InChI=1S/C11H14ClF6NO/c12-5-9(3-1-2-4-9)6-19-8(20)7(10(13,14)15)11(16,17)18/h7H,1-6H2,(H,19,20). The molecule has 1 amide bonds. The van der Waals surface area contributed by atoms with E-state index in [4.69, 9.17) is 11.6 Å². The Morgan fingerprint density at radius 2 is 1.55 bits per heavy atom. The third kappa shape index (κ3) is 4.17. The van der Waals surface area contributed by atoms with Crippen molar-refractivity contribution in [2.75, 3.05) is 12.4 Å². The zero-order valence-corrected chi connectivity index (χ0v) is 11.1. The van der Waals surface area contributed by atoms with Crippen molar-refractivity contribution < 1.29 is 31.1 Å². The van der Waals surface area contributed by atoms with Crippen molar-refractivity contribution in [1.82, 2.24) is 5.32 Å². The van der Waals surface area contributed by atoms with Gasteiger partial charge in [0.25, 0.3) is 0 Å². The minimum Gasteiger partial charge on any atom is -0.355 e. The highest BCUT2D eigenvalue weighted by Crippen LogP contribution is 2.41. The molecule has 0 aromatic carbocycles. The van der Waals surface area contributed by atoms with Gasteiger partial charge in [0.15, 0.2) is 0 Å². The summed E-state index contributed by atoms with van der Waals surface area (Å²) in [5.74, 6) is -5.97. The molecule has 1 aliphatic carbocycles. The van der Waals surface area contributed by atoms with Gasteiger partial charge in [0, 0.05) is 17.8 Å². The van der Waals surface area contributed by atoms with E-state index in [-0.39, 0.29) is 12.4 Å². The quantitative estimate of drug-likeness (QED) is 0.620. The molecular weight excluding hydrogens is 312 g/mol. The first kappa shape index (κ1) is 17.4. The second kappa shape index (κ2) is 5.99. The summed E-state index contributed by atoms with van der Waals surface area (Å²) in [6, 6.07) is 0. The number of amides is 1. The predicted molar refractivity (Wildman–Crippen MR) is 60.2 cm³/mol. The van der Waals surface area contributed by atoms with Crippen LogP contribution in [-0.4, -0.2) is 30.7 Å². The molecule has 0 spiro atoms. The van der Waals surface area contributed by atoms with E-state index in [1.165, 1.54) is 0 Å². The molecule has 0 atom stereocenters. The Labute approximate surface area is 116 Å². The molecule has 1 saturated carbocycles. The molecule has 0 aromatic heterocycles. The summed E-state index contributed by atoms with van der Waals surface area (Å²) < 4.78 is 74.0. The van der Waals surface area contributed by atoms with Crippen molar-refractivity contribution in [2.24, 2.45) is 11.3 Å². The Balaban J connectivity index is 2.73. The number of carbonyl (C=O) groups is 1. The summed E-state index contributed by atoms with van der Waals surface area (Å²) >= 11 is 5.71. The normalized spacial score (nSPS) is 19.4. The van der Waals surface area contributed by atoms with Crippen LogP contribution in [0.15, 0.2) is 0 Å². The highest BCUT2D eigenvalue weighted by atomic mass is 35.5. The van der Waals surface area contributed by atoms with E-state index in [0.717, 1.165) is 12.8 Å². The van der Waals surface area contributed by atoms with E-state index in [9.17, 15) is 31.1 Å². The minimum atomic E-state index is -5.66. The molecular formula is C11H14ClF6NO. The van der Waals surface area contributed by atoms with Crippen molar-refractivity contribution in [2.45, 2.75) is 38.0 Å². The maximum absolute atomic E-state index is 12.3. The van der Waals surface area contributed by atoms with Gasteiger partial charge in [0.05, 0.1) is 0 Å². The fourth-order valence-electron chi connectivity index (χ4n) is 2.34. The van der Waals surface area contributed by atoms with E-state index >= 15 is 0 Å². The Morgan fingerprint density at radius 1 is 1.10 bits per heavy atom. The van der Waals surface area contributed by atoms with Crippen LogP contribution in [0.2, 0.25) is 0 Å². The van der Waals surface area contributed by atoms with Crippen molar-refractivity contribution >= 4 is 17.5 Å². The summed E-state index contributed by atoms with van der Waals surface area (Å²) in [7, 11) is 0. The van der Waals surface area contributed by atoms with Gasteiger partial charge in [-0.15, -0.1) is 11.6 Å². The smallest absolute Gasteiger partial charge is 0.355 e. The topological polar surface area (TPSA) is 29.1 Å². The van der Waals surface area contributed by atoms with Crippen LogP contribution in [0.1, 0.15) is 25.7 Å². The van der Waals surface area contributed by atoms with E-state index in [1.54, 1.807) is 5.32 Å². The van der Waals surface area contributed by atoms with Crippen molar-refractivity contribution in [1.29, 1.82) is 0 Å². The maximum Gasteiger partial charge on any atom is 0.409 e. The summed E-state index contributed by atoms with van der Waals surface area (Å²) in [6.45, 7) is -0.266. The molecule has 9 heteroatoms. The summed E-state index contributed by atoms with van der Waals surface area (Å²) in [4.78, 5) is 11.3. The fourth-order valence-corrected chi connectivity index (χ4v) is 2.70. The van der Waals surface area contributed by atoms with E-state index in [2.05, 4.69) is 0 Å². The number of halogens is 7. The van der Waals surface area contributed by atoms with Gasteiger partial charge < -0.3 is 5.32 Å². The van der Waals surface area contributed by atoms with Crippen LogP contribution < -0.4 is 5.32 Å². The van der Waals surface area contributed by atoms with Crippen LogP contribution >= 0.6 is 11.6 Å². The predicted octanol–water partition coefficient (Wildman–Crippen LogP) is 3.64. The first-order valence-electron chi connectivity index (χ1n) is 5.99. The molecule has 0 heterocycles. The number of alkyl halides is 7. The number of carbonyl (C=O) groups excluding carboxylic acids is 1. The summed E-state index contributed by atoms with van der Waals surface area (Å²) in [5, 5.41) is 1.77. The van der Waals surface area contributed by atoms with Crippen LogP contribution in [-0.2, 0) is 4.79 Å². The van der Waals surface area contributed by atoms with E-state index in [0.29, 0.717) is 12.8 Å². The third-order valence-corrected chi connectivity index (χ3v) is 4.07. The lowest BCUT2D eigenvalue weighted by Gasteiger charge is -2.28. The van der Waals surface area contributed by atoms with E-state index < -0.39 is 29.6 Å². The Morgan fingerprint density at radius 3 is 1.90 bits per heavy atom. The number of rotatable bonds is 4. The molecule has 20 heavy (non-hydrogen) atoms. The molecule has 1 fully saturated rings. The fraction of sp³-hybridized carbons (Fsp3) is 0.909. The minimum absolute atomic E-state index is 0.0932. The molecule has 1 N–H and O–H groups in total. The second-order valence-electron chi connectivity index (χ2n) is 5.07. The molecule has 0 radical (unpaired) electrons. The van der Waals surface area contributed by atoms with Gasteiger partial charge in [-0.3, -0.25) is 4.79 Å². The molecule has 0 bridgehead atoms. The SMILES string of the molecule is O=C(NCC1(CCl)CCCC1)C(C(F)(F)F)C(F)(F)F. The monoisotopic (exact) mass is 325 g/mol. The highest BCUT2D eigenvalue weighted by Gasteiger charge is 2.61. The summed E-state index contributed by atoms with van der Waals surface area (Å²) in [6.07, 6.45) is -8.56. The average molecular weight is 326 g/mol. The molecule has 1 aliphatic rings. The Hall–Kier alpha value is -0.660. The summed E-state index contributed by atoms with van der Waals surface area (Å²) in [5.41, 5.74) is -0.598. The van der Waals surface area contributed by atoms with Crippen molar-refractivity contribution in [3.63, 3.8) is 0 Å². The van der Waals surface area contributed by atoms with Gasteiger partial charge >= 0.3 is 12.4 Å². The molecule has 1 rings (SSSR count). The number of hydrogen-bond donors (Lipinski definition) is 1. The molecule has 0 aliphatic heterocycles. The zero-order valence-electron chi connectivity index (χ0n) is 10.4. The number of hydrogen-bond acceptors (Lipinski definition) is 1. The lowest BCUT2D eigenvalue weighted by atomic mass is 9.88. The first-order chi connectivity index (χ1) is 9.02. The second-order valence-corrected chi connectivity index (χ2v) is 5.34. The Bertz CT molecular complexity index is 334. The molecule has 0 saturated heterocycles. The van der Waals surface area contributed by atoms with Crippen LogP contribution in [0.25, 0.3) is 0 Å². The number of nitrogens with one attached hydrogen (secondary N) is 1. The Kier molecular flexibility index (Phi) is 5.21. The maximum atomic E-state index is 12.3. The zero-order chi connectivity index (χ0) is 15.6. The van der Waals surface area contributed by atoms with Crippen molar-refractivity contribution in [3.05, 3.63) is 0 Å².